The van der Waals surface area contributed by atoms with Gasteiger partial charge in [-0.1, -0.05) is 47.6 Å². The molecule has 1 heterocycles. The van der Waals surface area contributed by atoms with Crippen molar-refractivity contribution in [3.63, 3.8) is 0 Å². The fourth-order valence-electron chi connectivity index (χ4n) is 2.51. The predicted molar refractivity (Wildman–Crippen MR) is 112 cm³/mol. The molecule has 0 aliphatic heterocycles. The molecule has 30 heavy (non-hydrogen) atoms. The predicted octanol–water partition coefficient (Wildman–Crippen LogP) is 4.76. The van der Waals surface area contributed by atoms with E-state index in [2.05, 4.69) is 25.5 Å². The first-order chi connectivity index (χ1) is 14.5. The topological polar surface area (TPSA) is 166 Å². The number of carboxylic acid groups (broad SMARTS) is 1. The zero-order chi connectivity index (χ0) is 21.5. The number of hydrazone groups is 1. The number of nitrogens with one attached hydrogen (secondary N) is 1. The number of hydrogen-bond acceptors (Lipinski definition) is 8. The van der Waals surface area contributed by atoms with Crippen LogP contribution >= 0.6 is 11.3 Å². The summed E-state index contributed by atoms with van der Waals surface area (Å²) in [6.07, 6.45) is -0.224. The van der Waals surface area contributed by atoms with Crippen LogP contribution in [0.1, 0.15) is 5.56 Å². The van der Waals surface area contributed by atoms with Gasteiger partial charge in [0.1, 0.15) is 5.71 Å². The minimum Gasteiger partial charge on any atom is -0.477 e. The molecular weight excluding hydrogens is 410 g/mol. The van der Waals surface area contributed by atoms with Crippen LogP contribution < -0.4 is 5.43 Å². The molecule has 0 saturated heterocycles. The average molecular weight is 423 g/mol. The Hall–Kier alpha value is -4.28. The van der Waals surface area contributed by atoms with Crippen LogP contribution in [0.25, 0.3) is 21.7 Å². The third kappa shape index (κ3) is 4.95. The van der Waals surface area contributed by atoms with Gasteiger partial charge in [-0.15, -0.1) is 11.3 Å². The maximum atomic E-state index is 11.5. The number of anilines is 1. The summed E-state index contributed by atoms with van der Waals surface area (Å²) >= 11 is 1.21. The van der Waals surface area contributed by atoms with Gasteiger partial charge in [0.05, 0.1) is 10.6 Å². The van der Waals surface area contributed by atoms with Crippen LogP contribution in [0.15, 0.2) is 64.1 Å². The molecule has 0 atom stereocenters. The first-order valence-electron chi connectivity index (χ1n) is 8.37. The largest absolute Gasteiger partial charge is 0.477 e. The number of benzene rings is 2. The quantitative estimate of drug-likeness (QED) is 0.132. The van der Waals surface area contributed by atoms with Crippen molar-refractivity contribution in [3.8, 4) is 11.3 Å². The standard InChI is InChI=1S/C18H13N7O4S/c19-24-21-13-7-5-11(6-8-13)15-10-30-18(20-15)23-22-14(17(26)27)9-12-3-1-2-4-16(12)25(28)29/h1-8,10H,9H2,(H,20,23)(H,26,27). The molecular formula is C18H13N7O4S. The monoisotopic (exact) mass is 423 g/mol. The minimum absolute atomic E-state index is 0.174. The van der Waals surface area contributed by atoms with Crippen LogP contribution in [-0.4, -0.2) is 26.7 Å². The molecule has 0 saturated carbocycles. The van der Waals surface area contributed by atoms with Gasteiger partial charge in [0.15, 0.2) is 0 Å². The third-order valence-electron chi connectivity index (χ3n) is 3.91. The molecule has 0 spiro atoms. The van der Waals surface area contributed by atoms with Gasteiger partial charge in [-0.2, -0.15) is 5.10 Å². The number of rotatable bonds is 8. The Morgan fingerprint density at radius 1 is 1.27 bits per heavy atom. The third-order valence-corrected chi connectivity index (χ3v) is 4.65. The number of nitrogens with zero attached hydrogens (tertiary/aromatic N) is 6. The first-order valence-corrected chi connectivity index (χ1v) is 9.25. The Labute approximate surface area is 173 Å². The molecule has 0 bridgehead atoms. The summed E-state index contributed by atoms with van der Waals surface area (Å²) in [6, 6.07) is 12.7. The fraction of sp³-hybridized carbons (Fsp3) is 0.0556. The van der Waals surface area contributed by atoms with Crippen LogP contribution in [0.3, 0.4) is 0 Å². The van der Waals surface area contributed by atoms with E-state index in [0.717, 1.165) is 5.56 Å². The van der Waals surface area contributed by atoms with Gasteiger partial charge >= 0.3 is 5.97 Å². The summed E-state index contributed by atoms with van der Waals surface area (Å²) in [5.41, 5.74) is 12.7. The molecule has 3 aromatic rings. The second-order valence-electron chi connectivity index (χ2n) is 5.81. The molecule has 2 N–H and O–H groups in total. The lowest BCUT2D eigenvalue weighted by Crippen LogP contribution is -2.18. The summed E-state index contributed by atoms with van der Waals surface area (Å²) in [7, 11) is 0. The maximum absolute atomic E-state index is 11.5. The molecule has 11 nitrogen and oxygen atoms in total. The molecule has 0 amide bonds. The van der Waals surface area contributed by atoms with E-state index in [4.69, 9.17) is 5.53 Å². The van der Waals surface area contributed by atoms with E-state index in [1.165, 1.54) is 29.5 Å². The Kier molecular flexibility index (Phi) is 6.33. The Balaban J connectivity index is 1.77. The highest BCUT2D eigenvalue weighted by molar-refractivity contribution is 7.14. The summed E-state index contributed by atoms with van der Waals surface area (Å²) in [6.45, 7) is 0. The van der Waals surface area contributed by atoms with Crippen LogP contribution in [0, 0.1) is 10.1 Å². The number of aliphatic carboxylic acids is 1. The number of para-hydroxylation sites is 1. The number of azide groups is 1. The highest BCUT2D eigenvalue weighted by Gasteiger charge is 2.18. The van der Waals surface area contributed by atoms with Gasteiger partial charge in [0, 0.05) is 39.6 Å². The molecule has 2 aromatic carbocycles. The van der Waals surface area contributed by atoms with Crippen molar-refractivity contribution in [2.24, 2.45) is 10.2 Å². The number of nitro groups is 1. The van der Waals surface area contributed by atoms with Crippen molar-refractivity contribution in [2.45, 2.75) is 6.42 Å². The number of thiazole rings is 1. The molecule has 3 rings (SSSR count). The SMILES string of the molecule is [N-]=[N+]=Nc1ccc(-c2csc(NN=C(Cc3ccccc3[N+](=O)[O-])C(=O)O)n2)cc1. The summed E-state index contributed by atoms with van der Waals surface area (Å²) in [4.78, 5) is 29.1. The normalized spacial score (nSPS) is 10.9. The van der Waals surface area contributed by atoms with E-state index in [9.17, 15) is 20.0 Å². The average Bonchev–Trinajstić information content (AvgIpc) is 3.21. The second kappa shape index (κ2) is 9.28. The smallest absolute Gasteiger partial charge is 0.352 e. The number of hydrogen-bond donors (Lipinski definition) is 2. The number of carbonyl (C=O) groups is 1. The zero-order valence-electron chi connectivity index (χ0n) is 15.2. The lowest BCUT2D eigenvalue weighted by Gasteiger charge is -2.04. The van der Waals surface area contributed by atoms with E-state index in [-0.39, 0.29) is 23.4 Å². The molecule has 12 heteroatoms. The van der Waals surface area contributed by atoms with Gasteiger partial charge in [0.25, 0.3) is 5.69 Å². The van der Waals surface area contributed by atoms with Gasteiger partial charge < -0.3 is 5.11 Å². The molecule has 0 fully saturated rings. The molecule has 0 aliphatic rings. The molecule has 0 radical (unpaired) electrons. The van der Waals surface area contributed by atoms with Crippen LogP contribution in [0.2, 0.25) is 0 Å². The van der Waals surface area contributed by atoms with Crippen molar-refractivity contribution < 1.29 is 14.8 Å². The fourth-order valence-corrected chi connectivity index (χ4v) is 3.17. The van der Waals surface area contributed by atoms with Gasteiger partial charge in [-0.3, -0.25) is 15.5 Å². The zero-order valence-corrected chi connectivity index (χ0v) is 16.0. The van der Waals surface area contributed by atoms with E-state index in [0.29, 0.717) is 16.5 Å². The van der Waals surface area contributed by atoms with Crippen LogP contribution in [0.5, 0.6) is 0 Å². The maximum Gasteiger partial charge on any atom is 0.352 e. The van der Waals surface area contributed by atoms with E-state index in [1.807, 2.05) is 0 Å². The van der Waals surface area contributed by atoms with E-state index < -0.39 is 10.9 Å². The van der Waals surface area contributed by atoms with Gasteiger partial charge in [-0.05, 0) is 5.53 Å². The number of carboxylic acids is 1. The van der Waals surface area contributed by atoms with Crippen molar-refractivity contribution in [2.75, 3.05) is 5.43 Å². The Morgan fingerprint density at radius 3 is 2.67 bits per heavy atom. The van der Waals surface area contributed by atoms with Crippen LogP contribution in [-0.2, 0) is 11.2 Å². The van der Waals surface area contributed by atoms with Crippen molar-refractivity contribution >= 4 is 39.5 Å². The van der Waals surface area contributed by atoms with Crippen molar-refractivity contribution in [1.29, 1.82) is 0 Å². The lowest BCUT2D eigenvalue weighted by molar-refractivity contribution is -0.385. The highest BCUT2D eigenvalue weighted by Crippen LogP contribution is 2.27. The van der Waals surface area contributed by atoms with Crippen LogP contribution in [0.4, 0.5) is 16.5 Å². The Morgan fingerprint density at radius 2 is 2.00 bits per heavy atom. The number of nitro benzene ring substituents is 1. The van der Waals surface area contributed by atoms with E-state index in [1.54, 1.807) is 35.7 Å². The summed E-state index contributed by atoms with van der Waals surface area (Å²) in [5.74, 6) is -1.30. The minimum atomic E-state index is -1.30. The highest BCUT2D eigenvalue weighted by atomic mass is 32.1. The van der Waals surface area contributed by atoms with Crippen molar-refractivity contribution in [3.05, 3.63) is 80.0 Å². The van der Waals surface area contributed by atoms with E-state index >= 15 is 0 Å². The molecule has 0 unspecified atom stereocenters. The molecule has 0 aliphatic carbocycles. The van der Waals surface area contributed by atoms with Gasteiger partial charge in [0.2, 0.25) is 5.13 Å². The van der Waals surface area contributed by atoms with Crippen molar-refractivity contribution in [1.82, 2.24) is 4.98 Å². The Bertz CT molecular complexity index is 1170. The number of aromatic nitrogens is 1. The second-order valence-corrected chi connectivity index (χ2v) is 6.67. The molecule has 150 valence electrons. The summed E-state index contributed by atoms with van der Waals surface area (Å²) in [5, 5.41) is 30.0. The summed E-state index contributed by atoms with van der Waals surface area (Å²) < 4.78 is 0. The lowest BCUT2D eigenvalue weighted by atomic mass is 10.1. The first kappa shape index (κ1) is 20.5. The molecule has 1 aromatic heterocycles. The van der Waals surface area contributed by atoms with Gasteiger partial charge in [-0.25, -0.2) is 9.78 Å².